The van der Waals surface area contributed by atoms with Crippen molar-refractivity contribution in [1.82, 2.24) is 5.32 Å². The van der Waals surface area contributed by atoms with Gasteiger partial charge < -0.3 is 35.9 Å². The van der Waals surface area contributed by atoms with E-state index >= 15 is 0 Å². The maximum atomic E-state index is 9.09. The average Bonchev–Trinajstić information content (AvgIpc) is 1.65. The number of nitrogens with one attached hydrogen (secondary N) is 1. The number of carbonyl (C=O) groups excluding carboxylic acids is 1. The number of thiocarbonyl (C=S) groups is 1. The SMILES string of the molecule is CNC(=S)[S-].NC(=O)S.[Na+]. The summed E-state index contributed by atoms with van der Waals surface area (Å²) in [6.07, 6.45) is 0. The average molecular weight is 206 g/mol. The molecule has 0 unspecified atom stereocenters. The van der Waals surface area contributed by atoms with Crippen molar-refractivity contribution in [2.75, 3.05) is 7.05 Å². The maximum absolute atomic E-state index is 9.09. The van der Waals surface area contributed by atoms with Crippen molar-refractivity contribution < 1.29 is 34.4 Å². The molecule has 0 fully saturated rings. The van der Waals surface area contributed by atoms with Gasteiger partial charge in [0.1, 0.15) is 0 Å². The number of thiol groups is 1. The van der Waals surface area contributed by atoms with Crippen LogP contribution in [0.3, 0.4) is 0 Å². The van der Waals surface area contributed by atoms with Crippen LogP contribution in [0, 0.1) is 0 Å². The normalized spacial score (nSPS) is 5.80. The second-order valence-electron chi connectivity index (χ2n) is 0.876. The summed E-state index contributed by atoms with van der Waals surface area (Å²) in [5.74, 6) is 0. The molecule has 0 aromatic rings. The predicted molar refractivity (Wildman–Crippen MR) is 47.6 cm³/mol. The van der Waals surface area contributed by atoms with E-state index in [-0.39, 0.29) is 29.6 Å². The van der Waals surface area contributed by atoms with Crippen molar-refractivity contribution in [3.63, 3.8) is 0 Å². The summed E-state index contributed by atoms with van der Waals surface area (Å²) in [4.78, 5) is 9.09. The van der Waals surface area contributed by atoms with Crippen molar-refractivity contribution in [3.8, 4) is 0 Å². The van der Waals surface area contributed by atoms with Crippen LogP contribution in [0.1, 0.15) is 0 Å². The van der Waals surface area contributed by atoms with Gasteiger partial charge in [-0.25, -0.2) is 0 Å². The Balaban J connectivity index is -0.0000000910. The molecule has 7 heteroatoms. The summed E-state index contributed by atoms with van der Waals surface area (Å²) in [6, 6.07) is 0. The number of carbonyl (C=O) groups is 1. The molecule has 10 heavy (non-hydrogen) atoms. The minimum absolute atomic E-state index is 0. The molecule has 0 saturated heterocycles. The van der Waals surface area contributed by atoms with Crippen LogP contribution in [-0.4, -0.2) is 16.6 Å². The molecule has 3 N–H and O–H groups in total. The van der Waals surface area contributed by atoms with Crippen LogP contribution in [0.4, 0.5) is 4.79 Å². The van der Waals surface area contributed by atoms with E-state index in [1.165, 1.54) is 0 Å². The minimum Gasteiger partial charge on any atom is -0.412 e. The van der Waals surface area contributed by atoms with Crippen LogP contribution in [-0.2, 0) is 12.6 Å². The van der Waals surface area contributed by atoms with Crippen molar-refractivity contribution >= 4 is 47.0 Å². The summed E-state index contributed by atoms with van der Waals surface area (Å²) >= 11 is 11.9. The fourth-order valence-corrected chi connectivity index (χ4v) is 0. The molecule has 0 atom stereocenters. The zero-order valence-electron chi connectivity index (χ0n) is 5.75. The van der Waals surface area contributed by atoms with Gasteiger partial charge >= 0.3 is 29.6 Å². The Kier molecular flexibility index (Phi) is 21.6. The Hall–Kier alpha value is 0.930. The molecule has 0 radical (unpaired) electrons. The molecule has 54 valence electrons. The Labute approximate surface area is 98.6 Å². The van der Waals surface area contributed by atoms with E-state index in [0.717, 1.165) is 0 Å². The number of rotatable bonds is 0. The smallest absolute Gasteiger partial charge is 0.412 e. The number of primary amides is 1. The molecule has 0 aromatic carbocycles. The quantitative estimate of drug-likeness (QED) is 0.172. The first kappa shape index (κ1) is 17.1. The van der Waals surface area contributed by atoms with Crippen molar-refractivity contribution in [3.05, 3.63) is 0 Å². The third kappa shape index (κ3) is 65.4. The van der Waals surface area contributed by atoms with Gasteiger partial charge in [-0.05, 0) is 0 Å². The predicted octanol–water partition coefficient (Wildman–Crippen LogP) is -2.96. The molecule has 0 aromatic heterocycles. The Bertz CT molecular complexity index is 106. The van der Waals surface area contributed by atoms with Crippen molar-refractivity contribution in [2.24, 2.45) is 5.73 Å². The van der Waals surface area contributed by atoms with Crippen LogP contribution in [0.15, 0.2) is 0 Å². The zero-order valence-corrected chi connectivity index (χ0v) is 10.3. The number of amides is 1. The number of hydrogen-bond acceptors (Lipinski definition) is 3. The van der Waals surface area contributed by atoms with Crippen LogP contribution < -0.4 is 40.6 Å². The topological polar surface area (TPSA) is 55.1 Å². The van der Waals surface area contributed by atoms with Gasteiger partial charge in [-0.1, -0.05) is 16.9 Å². The Morgan fingerprint density at radius 1 is 1.80 bits per heavy atom. The van der Waals surface area contributed by atoms with Crippen LogP contribution in [0.25, 0.3) is 0 Å². The maximum Gasteiger partial charge on any atom is 1.00 e. The summed E-state index contributed by atoms with van der Waals surface area (Å²) in [5.41, 5.74) is 4.34. The molecule has 0 aliphatic rings. The first-order valence-corrected chi connectivity index (χ1v) is 3.14. The van der Waals surface area contributed by atoms with Gasteiger partial charge in [0.2, 0.25) is 0 Å². The van der Waals surface area contributed by atoms with Crippen LogP contribution in [0.5, 0.6) is 0 Å². The third-order valence-corrected chi connectivity index (χ3v) is 0.612. The van der Waals surface area contributed by atoms with Gasteiger partial charge in [0.25, 0.3) is 5.24 Å². The van der Waals surface area contributed by atoms with E-state index < -0.39 is 5.24 Å². The Morgan fingerprint density at radius 2 is 1.90 bits per heavy atom. The molecule has 0 heterocycles. The van der Waals surface area contributed by atoms with E-state index in [9.17, 15) is 0 Å². The molecule has 0 bridgehead atoms. The number of nitrogens with two attached hydrogens (primary N) is 1. The molecule has 0 aliphatic carbocycles. The van der Waals surface area contributed by atoms with E-state index in [1.807, 2.05) is 0 Å². The summed E-state index contributed by atoms with van der Waals surface area (Å²) in [5, 5.41) is 1.94. The summed E-state index contributed by atoms with van der Waals surface area (Å²) < 4.78 is 0.421. The largest absolute Gasteiger partial charge is 1.00 e. The molecule has 0 aliphatic heterocycles. The van der Waals surface area contributed by atoms with Gasteiger partial charge in [0.05, 0.1) is 0 Å². The third-order valence-electron chi connectivity index (χ3n) is 0.204. The Morgan fingerprint density at radius 3 is 1.90 bits per heavy atom. The van der Waals surface area contributed by atoms with Gasteiger partial charge in [-0.15, -0.1) is 0 Å². The first-order valence-electron chi connectivity index (χ1n) is 1.87. The fraction of sp³-hybridized carbons (Fsp3) is 0.333. The standard InChI is InChI=1S/C2H5NS2.CH3NOS.Na/c1-3-2(4)5;2-1(3)4;/h1H3,(H2,3,4,5);(H3,2,3,4);/q;;+1/p-1. The molecule has 0 rings (SSSR count). The molecular formula is C3H7N2NaOS3. The first-order chi connectivity index (χ1) is 4.00. The van der Waals surface area contributed by atoms with Gasteiger partial charge in [0.15, 0.2) is 0 Å². The fourth-order valence-electron chi connectivity index (χ4n) is 0. The molecular weight excluding hydrogens is 199 g/mol. The molecule has 0 saturated carbocycles. The van der Waals surface area contributed by atoms with Crippen LogP contribution >= 0.6 is 24.8 Å². The number of hydrogen-bond donors (Lipinski definition) is 3. The van der Waals surface area contributed by atoms with E-state index in [1.54, 1.807) is 7.05 Å². The molecule has 1 amide bonds. The van der Waals surface area contributed by atoms with Gasteiger partial charge in [0, 0.05) is 7.05 Å². The second kappa shape index (κ2) is 12.6. The van der Waals surface area contributed by atoms with E-state index in [4.69, 9.17) is 4.79 Å². The summed E-state index contributed by atoms with van der Waals surface area (Å²) in [7, 11) is 1.70. The van der Waals surface area contributed by atoms with Crippen molar-refractivity contribution in [2.45, 2.75) is 0 Å². The van der Waals surface area contributed by atoms with Crippen LogP contribution in [0.2, 0.25) is 0 Å². The monoisotopic (exact) mass is 206 g/mol. The van der Waals surface area contributed by atoms with Crippen molar-refractivity contribution in [1.29, 1.82) is 0 Å². The van der Waals surface area contributed by atoms with Gasteiger partial charge in [-0.3, -0.25) is 4.79 Å². The van der Waals surface area contributed by atoms with E-state index in [2.05, 4.69) is 48.5 Å². The zero-order chi connectivity index (χ0) is 7.86. The van der Waals surface area contributed by atoms with E-state index in [0.29, 0.717) is 4.32 Å². The second-order valence-corrected chi connectivity index (χ2v) is 2.39. The molecule has 3 nitrogen and oxygen atoms in total. The van der Waals surface area contributed by atoms with Gasteiger partial charge in [-0.2, -0.15) is 0 Å². The minimum atomic E-state index is -0.639. The molecule has 0 spiro atoms. The summed E-state index contributed by atoms with van der Waals surface area (Å²) in [6.45, 7) is 0.